The van der Waals surface area contributed by atoms with Crippen LogP contribution in [0.1, 0.15) is 41.6 Å². The van der Waals surface area contributed by atoms with E-state index in [-0.39, 0.29) is 30.5 Å². The summed E-state index contributed by atoms with van der Waals surface area (Å²) in [5, 5.41) is 15.8. The number of carbonyl (C=O) groups is 1. The average molecular weight is 476 g/mol. The van der Waals surface area contributed by atoms with E-state index >= 15 is 0 Å². The number of halogens is 2. The summed E-state index contributed by atoms with van der Waals surface area (Å²) >= 11 is 6.08. The van der Waals surface area contributed by atoms with Crippen molar-refractivity contribution in [3.63, 3.8) is 0 Å². The van der Waals surface area contributed by atoms with Crippen LogP contribution in [0.15, 0.2) is 36.5 Å². The normalized spacial score (nSPS) is 20.6. The van der Waals surface area contributed by atoms with Crippen LogP contribution in [0.4, 0.5) is 5.82 Å². The molecule has 1 aromatic heterocycles. The molecule has 0 atom stereocenters. The molecule has 9 heteroatoms. The van der Waals surface area contributed by atoms with E-state index in [4.69, 9.17) is 21.6 Å². The second-order valence-corrected chi connectivity index (χ2v) is 8.37. The number of hydrogen-bond acceptors (Lipinski definition) is 6. The van der Waals surface area contributed by atoms with Crippen molar-refractivity contribution in [1.29, 1.82) is 5.26 Å². The third-order valence-corrected chi connectivity index (χ3v) is 6.14. The number of carbonyl (C=O) groups excluding carboxylic acids is 1. The monoisotopic (exact) mass is 475 g/mol. The lowest BCUT2D eigenvalue weighted by Gasteiger charge is -2.30. The summed E-state index contributed by atoms with van der Waals surface area (Å²) in [7, 11) is 0. The Morgan fingerprint density at radius 2 is 1.94 bits per heavy atom. The van der Waals surface area contributed by atoms with Crippen LogP contribution in [-0.2, 0) is 0 Å². The van der Waals surface area contributed by atoms with Gasteiger partial charge in [-0.05, 0) is 49.9 Å². The third kappa shape index (κ3) is 6.04. The van der Waals surface area contributed by atoms with Crippen molar-refractivity contribution in [3.8, 4) is 11.8 Å². The highest BCUT2D eigenvalue weighted by atomic mass is 35.5. The van der Waals surface area contributed by atoms with Gasteiger partial charge in [0.1, 0.15) is 17.6 Å². The molecular weight excluding hydrogens is 449 g/mol. The first-order chi connectivity index (χ1) is 15.1. The molecule has 2 heterocycles. The molecule has 1 aliphatic heterocycles. The van der Waals surface area contributed by atoms with Gasteiger partial charge in [0, 0.05) is 44.5 Å². The molecule has 0 unspecified atom stereocenters. The summed E-state index contributed by atoms with van der Waals surface area (Å²) < 4.78 is 6.02. The zero-order chi connectivity index (χ0) is 21.6. The highest BCUT2D eigenvalue weighted by Gasteiger charge is 2.24. The van der Waals surface area contributed by atoms with Gasteiger partial charge in [-0.2, -0.15) is 5.26 Å². The number of pyridine rings is 1. The van der Waals surface area contributed by atoms with Crippen LogP contribution < -0.4 is 20.3 Å². The standard InChI is InChI=1S/C23H26ClN5O2.ClH/c24-21-13-20(5-1-16(21)14-25)31-19-6-3-18(4-7-19)28-23(30)17-2-8-22(27-15-17)29-11-9-26-10-12-29;/h1-2,5,8,13,15,18-19,26H,3-4,6-7,9-12H2,(H,28,30);1H/t18-,19-;. The van der Waals surface area contributed by atoms with E-state index in [0.717, 1.165) is 57.7 Å². The number of piperazine rings is 1. The lowest BCUT2D eigenvalue weighted by Crippen LogP contribution is -2.44. The Balaban J connectivity index is 0.00000289. The Morgan fingerprint density at radius 1 is 1.19 bits per heavy atom. The van der Waals surface area contributed by atoms with E-state index in [1.807, 2.05) is 18.2 Å². The van der Waals surface area contributed by atoms with Gasteiger partial charge in [-0.3, -0.25) is 4.79 Å². The van der Waals surface area contributed by atoms with Crippen molar-refractivity contribution in [2.75, 3.05) is 31.1 Å². The summed E-state index contributed by atoms with van der Waals surface area (Å²) in [6.45, 7) is 3.76. The van der Waals surface area contributed by atoms with Crippen molar-refractivity contribution in [2.24, 2.45) is 0 Å². The maximum atomic E-state index is 12.6. The molecule has 2 aromatic rings. The molecule has 2 N–H and O–H groups in total. The SMILES string of the molecule is Cl.N#Cc1ccc(O[C@H]2CC[C@H](NC(=O)c3ccc(N4CCNCC4)nc3)CC2)cc1Cl. The summed E-state index contributed by atoms with van der Waals surface area (Å²) in [4.78, 5) is 19.3. The zero-order valence-corrected chi connectivity index (χ0v) is 19.3. The Kier molecular flexibility index (Phi) is 8.57. The third-order valence-electron chi connectivity index (χ3n) is 5.82. The number of benzene rings is 1. The topological polar surface area (TPSA) is 90.3 Å². The lowest BCUT2D eigenvalue weighted by atomic mass is 9.92. The van der Waals surface area contributed by atoms with Crippen molar-refractivity contribution in [1.82, 2.24) is 15.6 Å². The minimum Gasteiger partial charge on any atom is -0.490 e. The van der Waals surface area contributed by atoms with Crippen LogP contribution in [0.25, 0.3) is 0 Å². The fourth-order valence-corrected chi connectivity index (χ4v) is 4.26. The van der Waals surface area contributed by atoms with Crippen molar-refractivity contribution < 1.29 is 9.53 Å². The van der Waals surface area contributed by atoms with Crippen LogP contribution >= 0.6 is 24.0 Å². The molecule has 2 aliphatic rings. The molecule has 0 radical (unpaired) electrons. The van der Waals surface area contributed by atoms with E-state index in [2.05, 4.69) is 20.5 Å². The summed E-state index contributed by atoms with van der Waals surface area (Å²) in [5.41, 5.74) is 1.03. The summed E-state index contributed by atoms with van der Waals surface area (Å²) in [6, 6.07) is 11.1. The Morgan fingerprint density at radius 3 is 2.56 bits per heavy atom. The number of nitrogens with zero attached hydrogens (tertiary/aromatic N) is 3. The molecule has 0 bridgehead atoms. The van der Waals surface area contributed by atoms with Gasteiger partial charge in [0.25, 0.3) is 5.91 Å². The predicted octanol–water partition coefficient (Wildman–Crippen LogP) is 3.56. The average Bonchev–Trinajstić information content (AvgIpc) is 2.81. The second kappa shape index (κ2) is 11.4. The number of nitrogens with one attached hydrogen (secondary N) is 2. The van der Waals surface area contributed by atoms with Gasteiger partial charge in [0.2, 0.25) is 0 Å². The lowest BCUT2D eigenvalue weighted by molar-refractivity contribution is 0.0893. The molecule has 32 heavy (non-hydrogen) atoms. The fourth-order valence-electron chi connectivity index (χ4n) is 4.05. The number of aromatic nitrogens is 1. The van der Waals surface area contributed by atoms with E-state index in [9.17, 15) is 4.79 Å². The maximum absolute atomic E-state index is 12.6. The number of nitriles is 1. The van der Waals surface area contributed by atoms with Gasteiger partial charge in [-0.15, -0.1) is 12.4 Å². The number of amides is 1. The minimum atomic E-state index is -0.0809. The number of rotatable bonds is 5. The van der Waals surface area contributed by atoms with E-state index in [1.54, 1.807) is 24.4 Å². The molecule has 1 aliphatic carbocycles. The Bertz CT molecular complexity index is 950. The Hall–Kier alpha value is -2.53. The fraction of sp³-hybridized carbons (Fsp3) is 0.435. The Labute approximate surface area is 199 Å². The smallest absolute Gasteiger partial charge is 0.253 e. The number of hydrogen-bond donors (Lipinski definition) is 2. The molecule has 1 amide bonds. The van der Waals surface area contributed by atoms with Crippen LogP contribution in [0.3, 0.4) is 0 Å². The zero-order valence-electron chi connectivity index (χ0n) is 17.7. The highest BCUT2D eigenvalue weighted by Crippen LogP contribution is 2.27. The van der Waals surface area contributed by atoms with E-state index in [1.165, 1.54) is 0 Å². The minimum absolute atomic E-state index is 0. The summed E-state index contributed by atoms with van der Waals surface area (Å²) in [5.74, 6) is 1.51. The molecule has 7 nitrogen and oxygen atoms in total. The van der Waals surface area contributed by atoms with E-state index in [0.29, 0.717) is 21.9 Å². The number of anilines is 1. The van der Waals surface area contributed by atoms with Crippen molar-refractivity contribution in [3.05, 3.63) is 52.7 Å². The van der Waals surface area contributed by atoms with Gasteiger partial charge in [-0.1, -0.05) is 11.6 Å². The largest absolute Gasteiger partial charge is 0.490 e. The van der Waals surface area contributed by atoms with Gasteiger partial charge < -0.3 is 20.3 Å². The molecule has 1 aromatic carbocycles. The van der Waals surface area contributed by atoms with Crippen LogP contribution in [0.5, 0.6) is 5.75 Å². The molecule has 1 saturated heterocycles. The first-order valence-corrected chi connectivity index (χ1v) is 11.1. The van der Waals surface area contributed by atoms with Gasteiger partial charge in [0.15, 0.2) is 0 Å². The van der Waals surface area contributed by atoms with Crippen molar-refractivity contribution in [2.45, 2.75) is 37.8 Å². The second-order valence-electron chi connectivity index (χ2n) is 7.96. The van der Waals surface area contributed by atoms with Crippen LogP contribution in [0, 0.1) is 11.3 Å². The number of ether oxygens (including phenoxy) is 1. The predicted molar refractivity (Wildman–Crippen MR) is 127 cm³/mol. The van der Waals surface area contributed by atoms with Gasteiger partial charge in [0.05, 0.1) is 22.3 Å². The molecule has 4 rings (SSSR count). The van der Waals surface area contributed by atoms with Crippen LogP contribution in [0.2, 0.25) is 5.02 Å². The molecule has 0 spiro atoms. The first-order valence-electron chi connectivity index (χ1n) is 10.7. The van der Waals surface area contributed by atoms with E-state index < -0.39 is 0 Å². The molecule has 2 fully saturated rings. The summed E-state index contributed by atoms with van der Waals surface area (Å²) in [6.07, 6.45) is 5.15. The van der Waals surface area contributed by atoms with Crippen LogP contribution in [-0.4, -0.2) is 49.2 Å². The van der Waals surface area contributed by atoms with Gasteiger partial charge >= 0.3 is 0 Å². The first kappa shape index (κ1) is 24.1. The quantitative estimate of drug-likeness (QED) is 0.686. The maximum Gasteiger partial charge on any atom is 0.253 e. The highest BCUT2D eigenvalue weighted by molar-refractivity contribution is 6.31. The molecule has 170 valence electrons. The molecule has 1 saturated carbocycles. The van der Waals surface area contributed by atoms with Gasteiger partial charge in [-0.25, -0.2) is 4.98 Å². The van der Waals surface area contributed by atoms with Crippen molar-refractivity contribution >= 4 is 35.7 Å². The molecular formula is C23H27Cl2N5O2.